The van der Waals surface area contributed by atoms with Crippen LogP contribution in [0.3, 0.4) is 0 Å². The highest BCUT2D eigenvalue weighted by molar-refractivity contribution is 6.05. The van der Waals surface area contributed by atoms with Crippen molar-refractivity contribution in [3.63, 3.8) is 0 Å². The Morgan fingerprint density at radius 1 is 1.50 bits per heavy atom. The lowest BCUT2D eigenvalue weighted by Gasteiger charge is -2.27. The number of nitrogens with one attached hydrogen (secondary N) is 2. The Balaban J connectivity index is 2.07. The molecule has 0 fully saturated rings. The van der Waals surface area contributed by atoms with Gasteiger partial charge >= 0.3 is 0 Å². The van der Waals surface area contributed by atoms with Gasteiger partial charge in [-0.25, -0.2) is 4.99 Å². The van der Waals surface area contributed by atoms with E-state index < -0.39 is 0 Å². The molecule has 4 nitrogen and oxygen atoms in total. The first-order chi connectivity index (χ1) is 8.45. The zero-order valence-electron chi connectivity index (χ0n) is 11.7. The van der Waals surface area contributed by atoms with Crippen molar-refractivity contribution in [3.8, 4) is 0 Å². The summed E-state index contributed by atoms with van der Waals surface area (Å²) in [4.78, 5) is 16.5. The number of carbonyl (C=O) groups is 1. The van der Waals surface area contributed by atoms with Crippen molar-refractivity contribution in [1.82, 2.24) is 10.6 Å². The van der Waals surface area contributed by atoms with Gasteiger partial charge in [-0.3, -0.25) is 10.1 Å². The van der Waals surface area contributed by atoms with Crippen LogP contribution in [0.1, 0.15) is 40.5 Å². The summed E-state index contributed by atoms with van der Waals surface area (Å²) in [5.41, 5.74) is 1.38. The largest absolute Gasteiger partial charge is 0.354 e. The third-order valence-corrected chi connectivity index (χ3v) is 3.48. The van der Waals surface area contributed by atoms with Crippen LogP contribution >= 0.6 is 0 Å². The fraction of sp³-hybridized carbons (Fsp3) is 0.714. The van der Waals surface area contributed by atoms with Crippen LogP contribution in [0.5, 0.6) is 0 Å². The molecule has 1 amide bonds. The van der Waals surface area contributed by atoms with Gasteiger partial charge in [0.1, 0.15) is 6.04 Å². The maximum atomic E-state index is 12.0. The van der Waals surface area contributed by atoms with E-state index in [1.54, 1.807) is 0 Å². The van der Waals surface area contributed by atoms with E-state index in [0.717, 1.165) is 12.8 Å². The van der Waals surface area contributed by atoms with Crippen molar-refractivity contribution >= 4 is 11.9 Å². The van der Waals surface area contributed by atoms with Crippen LogP contribution in [0.4, 0.5) is 0 Å². The van der Waals surface area contributed by atoms with Gasteiger partial charge in [0, 0.05) is 6.04 Å². The van der Waals surface area contributed by atoms with E-state index >= 15 is 0 Å². The fourth-order valence-corrected chi connectivity index (χ4v) is 2.92. The molecule has 0 spiro atoms. The molecule has 2 N–H and O–H groups in total. The first-order valence-corrected chi connectivity index (χ1v) is 6.78. The van der Waals surface area contributed by atoms with E-state index in [0.29, 0.717) is 17.8 Å². The second-order valence-electron chi connectivity index (χ2n) is 5.90. The maximum Gasteiger partial charge on any atom is 0.251 e. The molecule has 3 atom stereocenters. The van der Waals surface area contributed by atoms with Gasteiger partial charge in [-0.05, 0) is 45.4 Å². The first kappa shape index (κ1) is 13.1. The number of hydrogen-bond acceptors (Lipinski definition) is 3. The monoisotopic (exact) mass is 249 g/mol. The summed E-state index contributed by atoms with van der Waals surface area (Å²) in [5, 5.41) is 6.01. The van der Waals surface area contributed by atoms with E-state index in [4.69, 9.17) is 0 Å². The molecule has 4 heteroatoms. The molecule has 1 aliphatic heterocycles. The number of aliphatic imine (C=N–C) groups is 1. The number of hydrogen-bond donors (Lipinski definition) is 2. The lowest BCUT2D eigenvalue weighted by molar-refractivity contribution is -0.121. The van der Waals surface area contributed by atoms with Crippen molar-refractivity contribution < 1.29 is 4.79 Å². The Kier molecular flexibility index (Phi) is 3.73. The minimum Gasteiger partial charge on any atom is -0.354 e. The van der Waals surface area contributed by atoms with Crippen LogP contribution in [-0.4, -0.2) is 24.0 Å². The average molecular weight is 249 g/mol. The van der Waals surface area contributed by atoms with E-state index in [1.807, 2.05) is 13.8 Å². The Hall–Kier alpha value is -1.32. The van der Waals surface area contributed by atoms with Gasteiger partial charge in [0.25, 0.3) is 5.91 Å². The predicted octanol–water partition coefficient (Wildman–Crippen LogP) is 1.83. The highest BCUT2D eigenvalue weighted by atomic mass is 16.2. The zero-order valence-corrected chi connectivity index (χ0v) is 11.7. The summed E-state index contributed by atoms with van der Waals surface area (Å²) < 4.78 is 0. The molecule has 0 aromatic rings. The van der Waals surface area contributed by atoms with Gasteiger partial charge in [-0.15, -0.1) is 0 Å². The molecule has 0 aromatic carbocycles. The van der Waals surface area contributed by atoms with E-state index in [9.17, 15) is 4.79 Å². The molecule has 0 saturated heterocycles. The topological polar surface area (TPSA) is 53.5 Å². The van der Waals surface area contributed by atoms with Crippen LogP contribution < -0.4 is 10.6 Å². The van der Waals surface area contributed by atoms with Gasteiger partial charge in [-0.1, -0.05) is 18.6 Å². The maximum absolute atomic E-state index is 12.0. The summed E-state index contributed by atoms with van der Waals surface area (Å²) in [6.07, 6.45) is 4.34. The van der Waals surface area contributed by atoms with E-state index in [-0.39, 0.29) is 18.0 Å². The lowest BCUT2D eigenvalue weighted by atomic mass is 9.79. The van der Waals surface area contributed by atoms with Gasteiger partial charge < -0.3 is 5.32 Å². The molecule has 1 aliphatic carbocycles. The summed E-state index contributed by atoms with van der Waals surface area (Å²) in [6.45, 7) is 8.43. The number of guanidine groups is 1. The van der Waals surface area contributed by atoms with E-state index in [1.165, 1.54) is 5.57 Å². The van der Waals surface area contributed by atoms with Gasteiger partial charge in [-0.2, -0.15) is 0 Å². The molecular formula is C14H23N3O. The average Bonchev–Trinajstić information content (AvgIpc) is 2.56. The Bertz CT molecular complexity index is 398. The molecule has 18 heavy (non-hydrogen) atoms. The summed E-state index contributed by atoms with van der Waals surface area (Å²) in [5.74, 6) is 1.58. The molecule has 2 rings (SSSR count). The third-order valence-electron chi connectivity index (χ3n) is 3.48. The van der Waals surface area contributed by atoms with Crippen molar-refractivity contribution in [3.05, 3.63) is 11.6 Å². The summed E-state index contributed by atoms with van der Waals surface area (Å²) in [6, 6.07) is 0.0760. The van der Waals surface area contributed by atoms with Gasteiger partial charge in [0.2, 0.25) is 0 Å². The lowest BCUT2D eigenvalue weighted by Crippen LogP contribution is -2.41. The predicted molar refractivity (Wildman–Crippen MR) is 73.3 cm³/mol. The molecular weight excluding hydrogens is 226 g/mol. The van der Waals surface area contributed by atoms with Crippen molar-refractivity contribution in [2.75, 3.05) is 0 Å². The highest BCUT2D eigenvalue weighted by Gasteiger charge is 2.35. The number of amides is 1. The van der Waals surface area contributed by atoms with E-state index in [2.05, 4.69) is 35.5 Å². The second-order valence-corrected chi connectivity index (χ2v) is 5.90. The van der Waals surface area contributed by atoms with Crippen LogP contribution in [0.2, 0.25) is 0 Å². The normalized spacial score (nSPS) is 32.1. The third kappa shape index (κ3) is 2.92. The van der Waals surface area contributed by atoms with Crippen molar-refractivity contribution in [1.29, 1.82) is 0 Å². The molecule has 2 aliphatic rings. The fourth-order valence-electron chi connectivity index (χ4n) is 2.92. The zero-order chi connectivity index (χ0) is 13.3. The second kappa shape index (κ2) is 5.12. The summed E-state index contributed by atoms with van der Waals surface area (Å²) in [7, 11) is 0. The van der Waals surface area contributed by atoms with Crippen molar-refractivity contribution in [2.24, 2.45) is 16.8 Å². The molecule has 0 saturated carbocycles. The Morgan fingerprint density at radius 3 is 2.83 bits per heavy atom. The minimum atomic E-state index is -0.211. The smallest absolute Gasteiger partial charge is 0.251 e. The molecule has 100 valence electrons. The molecule has 0 bridgehead atoms. The number of allylic oxidation sites excluding steroid dienone is 2. The van der Waals surface area contributed by atoms with Gasteiger partial charge in [0.05, 0.1) is 0 Å². The van der Waals surface area contributed by atoms with Crippen LogP contribution in [0.25, 0.3) is 0 Å². The van der Waals surface area contributed by atoms with Crippen LogP contribution in [-0.2, 0) is 4.79 Å². The van der Waals surface area contributed by atoms with Crippen LogP contribution in [0, 0.1) is 11.8 Å². The molecule has 3 unspecified atom stereocenters. The quantitative estimate of drug-likeness (QED) is 0.734. The molecule has 0 radical (unpaired) electrons. The Morgan fingerprint density at radius 2 is 2.22 bits per heavy atom. The standard InChI is InChI=1S/C14H23N3O/c1-8(2)15-14-16-12(13(18)17-14)11-6-9(3)5-10(4)7-11/h5,8-9,11-12H,6-7H2,1-4H3,(H2,15,16,17,18). The number of rotatable bonds is 2. The number of carbonyl (C=O) groups excluding carboxylic acids is 1. The Labute approximate surface area is 109 Å². The summed E-state index contributed by atoms with van der Waals surface area (Å²) >= 11 is 0. The highest BCUT2D eigenvalue weighted by Crippen LogP contribution is 2.32. The minimum absolute atomic E-state index is 0.0463. The molecule has 0 aromatic heterocycles. The SMILES string of the molecule is CC1=CC(C)CC(C2N=C(NC(C)C)NC2=O)C1. The van der Waals surface area contributed by atoms with Crippen LogP contribution in [0.15, 0.2) is 16.6 Å². The molecule has 1 heterocycles. The van der Waals surface area contributed by atoms with Crippen molar-refractivity contribution in [2.45, 2.75) is 52.6 Å². The first-order valence-electron chi connectivity index (χ1n) is 6.78. The number of nitrogens with zero attached hydrogens (tertiary/aromatic N) is 1. The van der Waals surface area contributed by atoms with Gasteiger partial charge in [0.15, 0.2) is 5.96 Å².